The second-order valence-electron chi connectivity index (χ2n) is 3.76. The summed E-state index contributed by atoms with van der Waals surface area (Å²) in [4.78, 5) is 4.21. The van der Waals surface area contributed by atoms with Crippen molar-refractivity contribution in [3.63, 3.8) is 0 Å². The summed E-state index contributed by atoms with van der Waals surface area (Å²) >= 11 is 7.17. The zero-order valence-electron chi connectivity index (χ0n) is 9.15. The van der Waals surface area contributed by atoms with E-state index in [2.05, 4.69) is 4.98 Å². The molecule has 90 valence electrons. The van der Waals surface area contributed by atoms with Crippen molar-refractivity contribution in [2.45, 2.75) is 19.4 Å². The summed E-state index contributed by atoms with van der Waals surface area (Å²) in [5.41, 5.74) is 1.43. The van der Waals surface area contributed by atoms with E-state index in [0.717, 1.165) is 10.6 Å². The number of benzene rings is 1. The quantitative estimate of drug-likeness (QED) is 0.927. The highest BCUT2D eigenvalue weighted by molar-refractivity contribution is 7.09. The fraction of sp³-hybridized carbons (Fsp3) is 0.250. The molecule has 1 aromatic heterocycles. The van der Waals surface area contributed by atoms with E-state index in [-0.39, 0.29) is 5.02 Å². The zero-order valence-corrected chi connectivity index (χ0v) is 10.7. The van der Waals surface area contributed by atoms with Crippen LogP contribution in [0.15, 0.2) is 23.6 Å². The molecule has 0 amide bonds. The van der Waals surface area contributed by atoms with E-state index < -0.39 is 11.9 Å². The third-order valence-corrected chi connectivity index (χ3v) is 3.47. The molecule has 0 aliphatic rings. The van der Waals surface area contributed by atoms with Crippen LogP contribution in [0.2, 0.25) is 5.02 Å². The number of aliphatic hydroxyl groups excluding tert-OH is 1. The minimum atomic E-state index is -0.679. The molecule has 0 radical (unpaired) electrons. The van der Waals surface area contributed by atoms with Gasteiger partial charge >= 0.3 is 0 Å². The average molecular weight is 272 g/mol. The van der Waals surface area contributed by atoms with Crippen molar-refractivity contribution in [2.24, 2.45) is 0 Å². The van der Waals surface area contributed by atoms with Crippen LogP contribution in [0.4, 0.5) is 4.39 Å². The third-order valence-electron chi connectivity index (χ3n) is 2.39. The molecular weight excluding hydrogens is 261 g/mol. The van der Waals surface area contributed by atoms with Gasteiger partial charge in [0.15, 0.2) is 0 Å². The lowest BCUT2D eigenvalue weighted by atomic mass is 10.1. The van der Waals surface area contributed by atoms with Crippen molar-refractivity contribution >= 4 is 22.9 Å². The molecule has 2 nitrogen and oxygen atoms in total. The summed E-state index contributed by atoms with van der Waals surface area (Å²) < 4.78 is 13.0. The fourth-order valence-corrected chi connectivity index (χ4v) is 2.39. The highest BCUT2D eigenvalue weighted by atomic mass is 35.5. The van der Waals surface area contributed by atoms with Crippen LogP contribution in [0, 0.1) is 12.7 Å². The van der Waals surface area contributed by atoms with E-state index in [1.54, 1.807) is 6.07 Å². The first kappa shape index (κ1) is 12.5. The number of hydrogen-bond donors (Lipinski definition) is 1. The molecule has 1 N–H and O–H groups in total. The highest BCUT2D eigenvalue weighted by Gasteiger charge is 2.12. The molecule has 0 aliphatic carbocycles. The Bertz CT molecular complexity index is 529. The minimum Gasteiger partial charge on any atom is -0.386 e. The molecule has 0 saturated heterocycles. The number of halogens is 2. The summed E-state index contributed by atoms with van der Waals surface area (Å²) in [7, 11) is 0. The lowest BCUT2D eigenvalue weighted by Crippen LogP contribution is -2.02. The van der Waals surface area contributed by atoms with Crippen molar-refractivity contribution in [1.82, 2.24) is 4.98 Å². The first-order chi connectivity index (χ1) is 8.06. The van der Waals surface area contributed by atoms with Gasteiger partial charge in [-0.05, 0) is 24.6 Å². The molecule has 5 heteroatoms. The summed E-state index contributed by atoms with van der Waals surface area (Å²) in [5, 5.41) is 12.8. The highest BCUT2D eigenvalue weighted by Crippen LogP contribution is 2.23. The van der Waals surface area contributed by atoms with Crippen LogP contribution in [-0.4, -0.2) is 10.1 Å². The van der Waals surface area contributed by atoms with Crippen LogP contribution in [0.3, 0.4) is 0 Å². The first-order valence-corrected chi connectivity index (χ1v) is 6.36. The van der Waals surface area contributed by atoms with Crippen molar-refractivity contribution in [3.05, 3.63) is 50.7 Å². The maximum atomic E-state index is 13.0. The van der Waals surface area contributed by atoms with Crippen LogP contribution >= 0.6 is 22.9 Å². The van der Waals surface area contributed by atoms with Gasteiger partial charge in [0.2, 0.25) is 0 Å². The topological polar surface area (TPSA) is 33.1 Å². The molecule has 1 heterocycles. The Morgan fingerprint density at radius 1 is 1.53 bits per heavy atom. The molecule has 0 fully saturated rings. The van der Waals surface area contributed by atoms with E-state index >= 15 is 0 Å². The van der Waals surface area contributed by atoms with Gasteiger partial charge in [-0.15, -0.1) is 11.3 Å². The predicted molar refractivity (Wildman–Crippen MR) is 66.9 cm³/mol. The molecular formula is C12H11ClFNOS. The molecule has 0 bridgehead atoms. The number of thiazole rings is 1. The normalized spacial score (nSPS) is 12.7. The number of hydrogen-bond acceptors (Lipinski definition) is 3. The van der Waals surface area contributed by atoms with E-state index in [4.69, 9.17) is 11.6 Å². The van der Waals surface area contributed by atoms with Gasteiger partial charge in [-0.25, -0.2) is 9.37 Å². The summed E-state index contributed by atoms with van der Waals surface area (Å²) in [6, 6.07) is 4.44. The Kier molecular flexibility index (Phi) is 3.76. The van der Waals surface area contributed by atoms with Crippen LogP contribution in [0.25, 0.3) is 0 Å². The largest absolute Gasteiger partial charge is 0.386 e. The van der Waals surface area contributed by atoms with E-state index in [1.165, 1.54) is 23.5 Å². The fourth-order valence-electron chi connectivity index (χ4n) is 1.53. The zero-order chi connectivity index (χ0) is 12.4. The van der Waals surface area contributed by atoms with Gasteiger partial charge in [-0.3, -0.25) is 0 Å². The Morgan fingerprint density at radius 3 is 2.88 bits per heavy atom. The number of aryl methyl sites for hydroxylation is 1. The predicted octanol–water partition coefficient (Wildman–Crippen LogP) is 3.52. The number of aromatic nitrogens is 1. The maximum absolute atomic E-state index is 13.0. The molecule has 0 spiro atoms. The molecule has 2 aromatic rings. The smallest absolute Gasteiger partial charge is 0.141 e. The second-order valence-corrected chi connectivity index (χ2v) is 5.23. The van der Waals surface area contributed by atoms with Gasteiger partial charge in [0.25, 0.3) is 0 Å². The molecule has 1 aromatic carbocycles. The maximum Gasteiger partial charge on any atom is 0.141 e. The third kappa shape index (κ3) is 3.03. The first-order valence-electron chi connectivity index (χ1n) is 5.10. The van der Waals surface area contributed by atoms with E-state index in [0.29, 0.717) is 12.1 Å². The minimum absolute atomic E-state index is 0.0733. The van der Waals surface area contributed by atoms with Crippen LogP contribution in [0.1, 0.15) is 22.4 Å². The summed E-state index contributed by atoms with van der Waals surface area (Å²) in [5.74, 6) is -0.450. The Morgan fingerprint density at radius 2 is 2.29 bits per heavy atom. The van der Waals surface area contributed by atoms with Gasteiger partial charge in [-0.1, -0.05) is 17.7 Å². The van der Waals surface area contributed by atoms with E-state index in [1.807, 2.05) is 12.3 Å². The Balaban J connectivity index is 2.12. The van der Waals surface area contributed by atoms with Crippen molar-refractivity contribution in [2.75, 3.05) is 0 Å². The molecule has 17 heavy (non-hydrogen) atoms. The van der Waals surface area contributed by atoms with Gasteiger partial charge in [0, 0.05) is 11.8 Å². The lowest BCUT2D eigenvalue weighted by molar-refractivity contribution is 0.174. The second kappa shape index (κ2) is 5.12. The lowest BCUT2D eigenvalue weighted by Gasteiger charge is -2.08. The number of rotatable bonds is 3. The Labute approximate surface area is 108 Å². The monoisotopic (exact) mass is 271 g/mol. The molecule has 1 atom stereocenters. The standard InChI is InChI=1S/C12H11ClFNOS/c1-7-15-11(6-17-7)12(16)5-8-2-3-10(14)9(13)4-8/h2-4,6,12,16H,5H2,1H3. The van der Waals surface area contributed by atoms with Gasteiger partial charge in [0.05, 0.1) is 15.7 Å². The average Bonchev–Trinajstić information content (AvgIpc) is 2.70. The van der Waals surface area contributed by atoms with Crippen molar-refractivity contribution < 1.29 is 9.50 Å². The van der Waals surface area contributed by atoms with Gasteiger partial charge in [0.1, 0.15) is 11.9 Å². The van der Waals surface area contributed by atoms with Crippen molar-refractivity contribution in [1.29, 1.82) is 0 Å². The summed E-state index contributed by atoms with van der Waals surface area (Å²) in [6.07, 6.45) is -0.301. The van der Waals surface area contributed by atoms with Gasteiger partial charge in [-0.2, -0.15) is 0 Å². The SMILES string of the molecule is Cc1nc(C(O)Cc2ccc(F)c(Cl)c2)cs1. The van der Waals surface area contributed by atoms with Crippen LogP contribution in [-0.2, 0) is 6.42 Å². The Hall–Kier alpha value is -0.970. The molecule has 0 aliphatic heterocycles. The molecule has 1 unspecified atom stereocenters. The molecule has 0 saturated carbocycles. The summed E-state index contributed by atoms with van der Waals surface area (Å²) in [6.45, 7) is 1.88. The number of aliphatic hydroxyl groups is 1. The van der Waals surface area contributed by atoms with Crippen LogP contribution in [0.5, 0.6) is 0 Å². The molecule has 2 rings (SSSR count). The van der Waals surface area contributed by atoms with Gasteiger partial charge < -0.3 is 5.11 Å². The van der Waals surface area contributed by atoms with Crippen LogP contribution < -0.4 is 0 Å². The number of nitrogens with zero attached hydrogens (tertiary/aromatic N) is 1. The van der Waals surface area contributed by atoms with E-state index in [9.17, 15) is 9.50 Å². The van der Waals surface area contributed by atoms with Crippen molar-refractivity contribution in [3.8, 4) is 0 Å².